The van der Waals surface area contributed by atoms with Crippen LogP contribution in [0.25, 0.3) is 108 Å². The molecule has 0 aliphatic carbocycles. The van der Waals surface area contributed by atoms with Crippen LogP contribution in [0.2, 0.25) is 0 Å². The zero-order valence-electron chi connectivity index (χ0n) is 28.9. The van der Waals surface area contributed by atoms with Gasteiger partial charge in [-0.15, -0.1) is 11.3 Å². The summed E-state index contributed by atoms with van der Waals surface area (Å²) >= 11 is 1.91. The maximum absolute atomic E-state index is 2.33. The van der Waals surface area contributed by atoms with E-state index in [4.69, 9.17) is 0 Å². The third kappa shape index (κ3) is 4.75. The Balaban J connectivity index is 1.10. The molecule has 0 saturated heterocycles. The summed E-state index contributed by atoms with van der Waals surface area (Å²) < 4.78 is 2.68. The van der Waals surface area contributed by atoms with Gasteiger partial charge in [0.1, 0.15) is 0 Å². The number of benzene rings is 10. The summed E-state index contributed by atoms with van der Waals surface area (Å²) in [7, 11) is 0. The summed E-state index contributed by atoms with van der Waals surface area (Å²) in [5.74, 6) is 0. The second-order valence-electron chi connectivity index (χ2n) is 14.0. The van der Waals surface area contributed by atoms with Gasteiger partial charge in [0.15, 0.2) is 0 Å². The van der Waals surface area contributed by atoms with E-state index in [0.29, 0.717) is 0 Å². The van der Waals surface area contributed by atoms with Crippen LogP contribution in [0.3, 0.4) is 0 Å². The van der Waals surface area contributed by atoms with E-state index in [1.165, 1.54) is 108 Å². The third-order valence-electron chi connectivity index (χ3n) is 11.1. The Morgan fingerprint density at radius 2 is 0.792 bits per heavy atom. The van der Waals surface area contributed by atoms with E-state index in [0.717, 1.165) is 0 Å². The topological polar surface area (TPSA) is 0 Å². The van der Waals surface area contributed by atoms with Gasteiger partial charge in [0.2, 0.25) is 0 Å². The number of fused-ring (bicyclic) bond motifs is 8. The van der Waals surface area contributed by atoms with Crippen LogP contribution in [0.1, 0.15) is 0 Å². The van der Waals surface area contributed by atoms with Crippen molar-refractivity contribution in [2.24, 2.45) is 0 Å². The van der Waals surface area contributed by atoms with Crippen LogP contribution in [0.5, 0.6) is 0 Å². The van der Waals surface area contributed by atoms with Crippen molar-refractivity contribution in [3.05, 3.63) is 194 Å². The Hall–Kier alpha value is -6.54. The van der Waals surface area contributed by atoms with Gasteiger partial charge in [-0.05, 0) is 99.7 Å². The minimum Gasteiger partial charge on any atom is -0.135 e. The van der Waals surface area contributed by atoms with Crippen LogP contribution in [0.15, 0.2) is 194 Å². The smallest absolute Gasteiger partial charge is 0.0434 e. The van der Waals surface area contributed by atoms with E-state index >= 15 is 0 Å². The van der Waals surface area contributed by atoms with E-state index < -0.39 is 0 Å². The van der Waals surface area contributed by atoms with Gasteiger partial charge in [0.05, 0.1) is 0 Å². The van der Waals surface area contributed by atoms with Gasteiger partial charge < -0.3 is 0 Å². The lowest BCUT2D eigenvalue weighted by Gasteiger charge is -2.19. The molecular formula is C52H32S. The molecule has 0 nitrogen and oxygen atoms in total. The Labute approximate surface area is 311 Å². The fourth-order valence-electron chi connectivity index (χ4n) is 8.65. The Morgan fingerprint density at radius 1 is 0.283 bits per heavy atom. The predicted molar refractivity (Wildman–Crippen MR) is 231 cm³/mol. The molecule has 1 aromatic heterocycles. The van der Waals surface area contributed by atoms with Gasteiger partial charge in [-0.3, -0.25) is 0 Å². The highest BCUT2D eigenvalue weighted by molar-refractivity contribution is 7.26. The first-order valence-corrected chi connectivity index (χ1v) is 19.1. The van der Waals surface area contributed by atoms with Crippen molar-refractivity contribution in [3.63, 3.8) is 0 Å². The molecule has 1 heterocycles. The first-order valence-electron chi connectivity index (χ1n) is 18.3. The minimum atomic E-state index is 1.21. The highest BCUT2D eigenvalue weighted by atomic mass is 32.1. The lowest BCUT2D eigenvalue weighted by atomic mass is 9.84. The maximum atomic E-state index is 2.33. The van der Waals surface area contributed by atoms with Gasteiger partial charge in [0, 0.05) is 20.2 Å². The highest BCUT2D eigenvalue weighted by Crippen LogP contribution is 2.49. The Kier molecular flexibility index (Phi) is 6.83. The molecule has 0 radical (unpaired) electrons. The van der Waals surface area contributed by atoms with E-state index in [9.17, 15) is 0 Å². The van der Waals surface area contributed by atoms with E-state index in [1.54, 1.807) is 0 Å². The maximum Gasteiger partial charge on any atom is 0.0434 e. The fourth-order valence-corrected chi connectivity index (χ4v) is 9.92. The number of hydrogen-bond donors (Lipinski definition) is 0. The molecule has 0 amide bonds. The lowest BCUT2D eigenvalue weighted by Crippen LogP contribution is -1.91. The Morgan fingerprint density at radius 3 is 1.51 bits per heavy atom. The zero-order chi connectivity index (χ0) is 34.9. The number of hydrogen-bond acceptors (Lipinski definition) is 1. The highest BCUT2D eigenvalue weighted by Gasteiger charge is 2.20. The van der Waals surface area contributed by atoms with Crippen LogP contribution in [0.4, 0.5) is 0 Å². The zero-order valence-corrected chi connectivity index (χ0v) is 29.7. The van der Waals surface area contributed by atoms with Gasteiger partial charge in [-0.1, -0.05) is 182 Å². The molecular weight excluding hydrogens is 657 g/mol. The van der Waals surface area contributed by atoms with Crippen molar-refractivity contribution in [1.29, 1.82) is 0 Å². The summed E-state index contributed by atoms with van der Waals surface area (Å²) in [6.45, 7) is 0. The van der Waals surface area contributed by atoms with E-state index in [-0.39, 0.29) is 0 Å². The second-order valence-corrected chi connectivity index (χ2v) is 15.0. The molecule has 0 aliphatic rings. The molecule has 10 aromatic carbocycles. The average molecular weight is 689 g/mol. The number of rotatable bonds is 4. The number of thiophene rings is 1. The van der Waals surface area contributed by atoms with E-state index in [1.807, 2.05) is 11.3 Å². The molecule has 0 atom stereocenters. The summed E-state index contributed by atoms with van der Waals surface area (Å²) in [4.78, 5) is 0. The minimum absolute atomic E-state index is 1.21. The summed E-state index contributed by atoms with van der Waals surface area (Å²) in [5.41, 5.74) is 10.0. The van der Waals surface area contributed by atoms with Crippen molar-refractivity contribution in [2.45, 2.75) is 0 Å². The quantitative estimate of drug-likeness (QED) is 0.162. The summed E-state index contributed by atoms with van der Waals surface area (Å²) in [6.07, 6.45) is 0. The molecule has 0 N–H and O–H groups in total. The van der Waals surface area contributed by atoms with Crippen LogP contribution < -0.4 is 0 Å². The van der Waals surface area contributed by atoms with Crippen LogP contribution >= 0.6 is 11.3 Å². The molecule has 0 aliphatic heterocycles. The fraction of sp³-hybridized carbons (Fsp3) is 0. The molecule has 0 fully saturated rings. The molecule has 0 saturated carbocycles. The van der Waals surface area contributed by atoms with Gasteiger partial charge >= 0.3 is 0 Å². The predicted octanol–water partition coefficient (Wildman–Crippen LogP) is 15.3. The second kappa shape index (κ2) is 12.0. The van der Waals surface area contributed by atoms with Crippen molar-refractivity contribution >= 4 is 74.6 Å². The molecule has 11 rings (SSSR count). The normalized spacial score (nSPS) is 11.8. The van der Waals surface area contributed by atoms with Gasteiger partial charge in [0.25, 0.3) is 0 Å². The largest absolute Gasteiger partial charge is 0.135 e. The third-order valence-corrected chi connectivity index (χ3v) is 12.3. The molecule has 0 bridgehead atoms. The first kappa shape index (κ1) is 30.1. The van der Waals surface area contributed by atoms with E-state index in [2.05, 4.69) is 194 Å². The molecule has 0 spiro atoms. The van der Waals surface area contributed by atoms with Crippen molar-refractivity contribution in [3.8, 4) is 44.5 Å². The van der Waals surface area contributed by atoms with Gasteiger partial charge in [-0.2, -0.15) is 0 Å². The van der Waals surface area contributed by atoms with Crippen molar-refractivity contribution in [2.75, 3.05) is 0 Å². The van der Waals surface area contributed by atoms with Crippen LogP contribution in [-0.4, -0.2) is 0 Å². The summed E-state index contributed by atoms with van der Waals surface area (Å²) in [5, 5.41) is 12.9. The monoisotopic (exact) mass is 688 g/mol. The average Bonchev–Trinajstić information content (AvgIpc) is 3.63. The Bertz CT molecular complexity index is 3160. The molecule has 11 aromatic rings. The molecule has 246 valence electrons. The standard InChI is InChI=1S/C52H32S/c1-2-14-37-32-38(29-24-33(37)12-1)40-16-6-5-15-39(40)35-25-27-36(28-26-35)49-42-18-7-9-20-44(42)50(45-21-10-8-19-43(45)49)46-22-11-23-48-51(46)47-31-30-34-13-3-4-17-41(34)52(47)53-48/h1-32H. The van der Waals surface area contributed by atoms with Crippen LogP contribution in [0, 0.1) is 0 Å². The molecule has 0 unspecified atom stereocenters. The molecule has 53 heavy (non-hydrogen) atoms. The first-order chi connectivity index (χ1) is 26.3. The lowest BCUT2D eigenvalue weighted by molar-refractivity contribution is 1.59. The molecule has 1 heteroatoms. The summed E-state index contributed by atoms with van der Waals surface area (Å²) in [6, 6.07) is 71.6. The SMILES string of the molecule is c1ccc(-c2ccc3ccccc3c2)c(-c2ccc(-c3c4ccccc4c(-c4cccc5sc6c7ccccc7ccc6c45)c4ccccc34)cc2)c1. The van der Waals surface area contributed by atoms with Crippen molar-refractivity contribution in [1.82, 2.24) is 0 Å². The van der Waals surface area contributed by atoms with Crippen LogP contribution in [-0.2, 0) is 0 Å². The van der Waals surface area contributed by atoms with Gasteiger partial charge in [-0.25, -0.2) is 0 Å². The van der Waals surface area contributed by atoms with Crippen molar-refractivity contribution < 1.29 is 0 Å².